The third kappa shape index (κ3) is 4.92. The van der Waals surface area contributed by atoms with Crippen LogP contribution in [0.4, 0.5) is 5.13 Å². The van der Waals surface area contributed by atoms with E-state index in [1.54, 1.807) is 18.4 Å². The van der Waals surface area contributed by atoms with Gasteiger partial charge in [-0.25, -0.2) is 4.98 Å². The van der Waals surface area contributed by atoms with Gasteiger partial charge in [0.25, 0.3) is 0 Å². The molecule has 2 rings (SSSR count). The van der Waals surface area contributed by atoms with Crippen LogP contribution in [0.2, 0.25) is 0 Å². The number of aromatic nitrogens is 1. The molecule has 0 bridgehead atoms. The third-order valence-electron chi connectivity index (χ3n) is 3.48. The lowest BCUT2D eigenvalue weighted by atomic mass is 10.3. The van der Waals surface area contributed by atoms with Crippen LogP contribution in [-0.2, 0) is 22.6 Å². The largest absolute Gasteiger partial charge is 0.378 e. The van der Waals surface area contributed by atoms with Gasteiger partial charge in [-0.1, -0.05) is 6.92 Å². The summed E-state index contributed by atoms with van der Waals surface area (Å²) in [5.41, 5.74) is 1.07. The van der Waals surface area contributed by atoms with Crippen molar-refractivity contribution in [2.75, 3.05) is 38.3 Å². The molecule has 5 nitrogen and oxygen atoms in total. The molecule has 1 aromatic rings. The molecule has 0 radical (unpaired) electrons. The Hall–Kier alpha value is -0.690. The van der Waals surface area contributed by atoms with Gasteiger partial charge in [0, 0.05) is 38.2 Å². The van der Waals surface area contributed by atoms with E-state index in [1.165, 1.54) is 4.88 Å². The van der Waals surface area contributed by atoms with Crippen molar-refractivity contribution >= 4 is 16.5 Å². The van der Waals surface area contributed by atoms with Gasteiger partial charge >= 0.3 is 0 Å². The van der Waals surface area contributed by atoms with Crippen LogP contribution >= 0.6 is 11.3 Å². The van der Waals surface area contributed by atoms with E-state index in [2.05, 4.69) is 24.1 Å². The Kier molecular flexibility index (Phi) is 6.89. The molecule has 0 aliphatic carbocycles. The average molecular weight is 313 g/mol. The van der Waals surface area contributed by atoms with Crippen molar-refractivity contribution in [3.8, 4) is 0 Å². The summed E-state index contributed by atoms with van der Waals surface area (Å²) in [5, 5.41) is 4.56. The molecule has 1 atom stereocenters. The first-order chi connectivity index (χ1) is 10.2. The van der Waals surface area contributed by atoms with Gasteiger partial charge in [-0.15, -0.1) is 11.3 Å². The monoisotopic (exact) mass is 313 g/mol. The number of ether oxygens (including phenoxy) is 2. The van der Waals surface area contributed by atoms with Crippen molar-refractivity contribution < 1.29 is 9.47 Å². The van der Waals surface area contributed by atoms with Gasteiger partial charge < -0.3 is 19.7 Å². The normalized spacial score (nSPS) is 19.8. The Bertz CT molecular complexity index is 425. The first kappa shape index (κ1) is 16.7. The van der Waals surface area contributed by atoms with Crippen molar-refractivity contribution in [2.45, 2.75) is 45.9 Å². The summed E-state index contributed by atoms with van der Waals surface area (Å²) in [5.74, 6) is 0. The minimum atomic E-state index is 0.268. The fourth-order valence-corrected chi connectivity index (χ4v) is 3.51. The number of rotatable bonds is 7. The lowest BCUT2D eigenvalue weighted by Gasteiger charge is -2.20. The van der Waals surface area contributed by atoms with Crippen LogP contribution in [0.15, 0.2) is 0 Å². The maximum atomic E-state index is 5.72. The Morgan fingerprint density at radius 3 is 3.14 bits per heavy atom. The summed E-state index contributed by atoms with van der Waals surface area (Å²) in [6, 6.07) is 0. The molecule has 1 N–H and O–H groups in total. The molecular weight excluding hydrogens is 286 g/mol. The summed E-state index contributed by atoms with van der Waals surface area (Å²) in [7, 11) is 1.73. The fraction of sp³-hybridized carbons (Fsp3) is 0.800. The molecule has 1 unspecified atom stereocenters. The van der Waals surface area contributed by atoms with Gasteiger partial charge in [-0.05, 0) is 26.3 Å². The molecule has 120 valence electrons. The quantitative estimate of drug-likeness (QED) is 0.783. The van der Waals surface area contributed by atoms with Crippen LogP contribution in [0.3, 0.4) is 0 Å². The van der Waals surface area contributed by atoms with Crippen molar-refractivity contribution in [1.82, 2.24) is 10.3 Å². The molecule has 0 amide bonds. The number of nitrogens with one attached hydrogen (secondary N) is 1. The molecule has 2 heterocycles. The minimum absolute atomic E-state index is 0.268. The highest BCUT2D eigenvalue weighted by molar-refractivity contribution is 7.15. The Labute approximate surface area is 131 Å². The van der Waals surface area contributed by atoms with E-state index in [4.69, 9.17) is 14.5 Å². The van der Waals surface area contributed by atoms with E-state index in [9.17, 15) is 0 Å². The lowest BCUT2D eigenvalue weighted by molar-refractivity contribution is 0.0821. The zero-order valence-corrected chi connectivity index (χ0v) is 14.2. The number of anilines is 1. The highest BCUT2D eigenvalue weighted by atomic mass is 32.1. The highest BCUT2D eigenvalue weighted by Gasteiger charge is 2.20. The summed E-state index contributed by atoms with van der Waals surface area (Å²) in [6.07, 6.45) is 2.48. The SMILES string of the molecule is CCCNCc1sc(N2CCCOC(C)C2)nc1COC. The Balaban J connectivity index is 2.09. The zero-order valence-electron chi connectivity index (χ0n) is 13.4. The van der Waals surface area contributed by atoms with Crippen molar-refractivity contribution in [3.05, 3.63) is 10.6 Å². The van der Waals surface area contributed by atoms with E-state index in [0.717, 1.165) is 56.5 Å². The maximum absolute atomic E-state index is 5.72. The molecule has 6 heteroatoms. The number of methoxy groups -OCH3 is 1. The van der Waals surface area contributed by atoms with E-state index < -0.39 is 0 Å². The minimum Gasteiger partial charge on any atom is -0.378 e. The van der Waals surface area contributed by atoms with E-state index in [-0.39, 0.29) is 6.10 Å². The Morgan fingerprint density at radius 2 is 2.38 bits per heavy atom. The smallest absolute Gasteiger partial charge is 0.186 e. The van der Waals surface area contributed by atoms with Crippen LogP contribution < -0.4 is 10.2 Å². The first-order valence-electron chi connectivity index (χ1n) is 7.79. The molecule has 0 aromatic carbocycles. The van der Waals surface area contributed by atoms with Crippen LogP contribution in [0.25, 0.3) is 0 Å². The standard InChI is InChI=1S/C15H27N3O2S/c1-4-6-16-9-14-13(11-19-3)17-15(21-14)18-7-5-8-20-12(2)10-18/h12,16H,4-11H2,1-3H3. The van der Waals surface area contributed by atoms with E-state index in [1.807, 2.05) is 0 Å². The predicted octanol–water partition coefficient (Wildman–Crippen LogP) is 2.40. The van der Waals surface area contributed by atoms with E-state index >= 15 is 0 Å². The van der Waals surface area contributed by atoms with Crippen LogP contribution in [0, 0.1) is 0 Å². The highest BCUT2D eigenvalue weighted by Crippen LogP contribution is 2.28. The van der Waals surface area contributed by atoms with Crippen molar-refractivity contribution in [2.24, 2.45) is 0 Å². The average Bonchev–Trinajstić information content (AvgIpc) is 2.73. The van der Waals surface area contributed by atoms with Gasteiger partial charge in [0.2, 0.25) is 0 Å². The maximum Gasteiger partial charge on any atom is 0.186 e. The molecule has 1 saturated heterocycles. The molecule has 1 aromatic heterocycles. The van der Waals surface area contributed by atoms with Crippen LogP contribution in [-0.4, -0.2) is 44.4 Å². The van der Waals surface area contributed by atoms with Gasteiger partial charge in [0.15, 0.2) is 5.13 Å². The molecule has 0 saturated carbocycles. The van der Waals surface area contributed by atoms with E-state index in [0.29, 0.717) is 6.61 Å². The summed E-state index contributed by atoms with van der Waals surface area (Å²) >= 11 is 1.78. The number of hydrogen-bond donors (Lipinski definition) is 1. The number of thiazole rings is 1. The van der Waals surface area contributed by atoms with Gasteiger partial charge in [0.05, 0.1) is 18.4 Å². The van der Waals surface area contributed by atoms with Gasteiger partial charge in [0.1, 0.15) is 0 Å². The summed E-state index contributed by atoms with van der Waals surface area (Å²) in [4.78, 5) is 8.44. The zero-order chi connectivity index (χ0) is 15.1. The molecule has 21 heavy (non-hydrogen) atoms. The van der Waals surface area contributed by atoms with Crippen molar-refractivity contribution in [3.63, 3.8) is 0 Å². The van der Waals surface area contributed by atoms with Crippen LogP contribution in [0.1, 0.15) is 37.3 Å². The second kappa shape index (κ2) is 8.68. The molecular formula is C15H27N3O2S. The molecule has 1 aliphatic rings. The molecule has 0 spiro atoms. The molecule has 1 fully saturated rings. The lowest BCUT2D eigenvalue weighted by Crippen LogP contribution is -2.29. The topological polar surface area (TPSA) is 46.6 Å². The van der Waals surface area contributed by atoms with Gasteiger partial charge in [-0.3, -0.25) is 0 Å². The fourth-order valence-electron chi connectivity index (χ4n) is 2.44. The third-order valence-corrected chi connectivity index (χ3v) is 4.64. The number of nitrogens with zero attached hydrogens (tertiary/aromatic N) is 2. The van der Waals surface area contributed by atoms with Gasteiger partial charge in [-0.2, -0.15) is 0 Å². The Morgan fingerprint density at radius 1 is 1.52 bits per heavy atom. The van der Waals surface area contributed by atoms with Crippen molar-refractivity contribution in [1.29, 1.82) is 0 Å². The molecule has 1 aliphatic heterocycles. The summed E-state index contributed by atoms with van der Waals surface area (Å²) < 4.78 is 11.0. The first-order valence-corrected chi connectivity index (χ1v) is 8.61. The predicted molar refractivity (Wildman–Crippen MR) is 87.1 cm³/mol. The second-order valence-corrected chi connectivity index (χ2v) is 6.52. The second-order valence-electron chi connectivity index (χ2n) is 5.46. The number of hydrogen-bond acceptors (Lipinski definition) is 6. The van der Waals surface area contributed by atoms with Crippen LogP contribution in [0.5, 0.6) is 0 Å². The summed E-state index contributed by atoms with van der Waals surface area (Å²) in [6.45, 7) is 9.59.